The van der Waals surface area contributed by atoms with Gasteiger partial charge in [0.1, 0.15) is 0 Å². The normalized spacial score (nSPS) is 12.9. The Morgan fingerprint density at radius 2 is 1.70 bits per heavy atom. The van der Waals surface area contributed by atoms with Gasteiger partial charge in [0.2, 0.25) is 10.0 Å². The molecule has 0 heterocycles. The Kier molecular flexibility index (Phi) is 6.97. The van der Waals surface area contributed by atoms with Crippen LogP contribution in [0, 0.1) is 0 Å². The number of nitrogens with zero attached hydrogens (tertiary/aromatic N) is 2. The van der Waals surface area contributed by atoms with Crippen LogP contribution in [0.2, 0.25) is 10.0 Å². The Labute approximate surface area is 178 Å². The molecule has 2 aromatic rings. The third-order valence-electron chi connectivity index (χ3n) is 4.25. The molecule has 1 amide bonds. The fourth-order valence-corrected chi connectivity index (χ4v) is 4.87. The van der Waals surface area contributed by atoms with Gasteiger partial charge >= 0.3 is 0 Å². The Morgan fingerprint density at radius 3 is 2.26 bits per heavy atom. The lowest BCUT2D eigenvalue weighted by atomic mass is 10.1. The first-order valence-corrected chi connectivity index (χ1v) is 10.9. The molecule has 0 aromatic heterocycles. The molecule has 0 aliphatic rings. The van der Waals surface area contributed by atoms with Crippen molar-refractivity contribution in [2.75, 3.05) is 21.1 Å². The highest BCUT2D eigenvalue weighted by Crippen LogP contribution is 2.31. The number of hydrogen-bond donors (Lipinski definition) is 0. The van der Waals surface area contributed by atoms with E-state index in [-0.39, 0.29) is 22.4 Å². The number of amides is 1. The van der Waals surface area contributed by atoms with Crippen LogP contribution in [0.3, 0.4) is 0 Å². The third kappa shape index (κ3) is 4.66. The van der Waals surface area contributed by atoms with Gasteiger partial charge in [0.25, 0.3) is 5.91 Å². The molecule has 1 atom stereocenters. The number of sulfonamides is 1. The second-order valence-corrected chi connectivity index (χ2v) is 10.0. The quantitative estimate of drug-likeness (QED) is 0.598. The van der Waals surface area contributed by atoms with E-state index in [4.69, 9.17) is 23.2 Å². The smallest absolute Gasteiger partial charge is 0.254 e. The van der Waals surface area contributed by atoms with Crippen molar-refractivity contribution in [2.24, 2.45) is 0 Å². The van der Waals surface area contributed by atoms with Crippen LogP contribution in [0.4, 0.5) is 0 Å². The summed E-state index contributed by atoms with van der Waals surface area (Å²) in [4.78, 5) is 14.5. The van der Waals surface area contributed by atoms with Gasteiger partial charge in [-0.05, 0) is 58.7 Å². The summed E-state index contributed by atoms with van der Waals surface area (Å²) in [5.41, 5.74) is 1.01. The van der Waals surface area contributed by atoms with E-state index in [1.165, 1.54) is 25.1 Å². The molecule has 0 bridgehead atoms. The highest BCUT2D eigenvalue weighted by atomic mass is 79.9. The van der Waals surface area contributed by atoms with Gasteiger partial charge in [-0.3, -0.25) is 4.79 Å². The summed E-state index contributed by atoms with van der Waals surface area (Å²) in [5.74, 6) is -0.323. The first-order valence-electron chi connectivity index (χ1n) is 7.91. The Morgan fingerprint density at radius 1 is 1.07 bits per heavy atom. The Hall–Kier alpha value is -1.12. The van der Waals surface area contributed by atoms with E-state index in [0.29, 0.717) is 14.5 Å². The number of carbonyl (C=O) groups is 1. The SMILES string of the molecule is CC(c1ccc(Cl)cc1Cl)N(C)C(=O)c1ccc(Br)c(S(=O)(=O)N(C)C)c1. The second-order valence-electron chi connectivity index (χ2n) is 6.19. The summed E-state index contributed by atoms with van der Waals surface area (Å²) < 4.78 is 26.4. The van der Waals surface area contributed by atoms with E-state index in [2.05, 4.69) is 15.9 Å². The predicted octanol–water partition coefficient (Wildman–Crippen LogP) is 4.84. The lowest BCUT2D eigenvalue weighted by molar-refractivity contribution is 0.0742. The van der Waals surface area contributed by atoms with Crippen molar-refractivity contribution in [1.82, 2.24) is 9.21 Å². The maximum atomic E-state index is 12.9. The van der Waals surface area contributed by atoms with Crippen molar-refractivity contribution in [2.45, 2.75) is 17.9 Å². The lowest BCUT2D eigenvalue weighted by Crippen LogP contribution is -2.30. The van der Waals surface area contributed by atoms with Crippen LogP contribution in [0.5, 0.6) is 0 Å². The van der Waals surface area contributed by atoms with Gasteiger partial charge in [-0.2, -0.15) is 0 Å². The monoisotopic (exact) mass is 492 g/mol. The highest BCUT2D eigenvalue weighted by molar-refractivity contribution is 9.10. The van der Waals surface area contributed by atoms with E-state index in [9.17, 15) is 13.2 Å². The van der Waals surface area contributed by atoms with E-state index >= 15 is 0 Å². The minimum Gasteiger partial charge on any atom is -0.335 e. The van der Waals surface area contributed by atoms with Crippen LogP contribution in [-0.4, -0.2) is 44.7 Å². The molecule has 0 saturated heterocycles. The summed E-state index contributed by atoms with van der Waals surface area (Å²) in [6.45, 7) is 1.84. The minimum atomic E-state index is -3.69. The van der Waals surface area contributed by atoms with Crippen molar-refractivity contribution in [3.63, 3.8) is 0 Å². The average Bonchev–Trinajstić information content (AvgIpc) is 2.60. The van der Waals surface area contributed by atoms with Crippen molar-refractivity contribution in [1.29, 1.82) is 0 Å². The van der Waals surface area contributed by atoms with Gasteiger partial charge in [-0.25, -0.2) is 12.7 Å². The predicted molar refractivity (Wildman–Crippen MR) is 112 cm³/mol. The summed E-state index contributed by atoms with van der Waals surface area (Å²) in [6, 6.07) is 9.26. The maximum Gasteiger partial charge on any atom is 0.254 e. The largest absolute Gasteiger partial charge is 0.335 e. The van der Waals surface area contributed by atoms with Crippen molar-refractivity contribution < 1.29 is 13.2 Å². The van der Waals surface area contributed by atoms with E-state index in [1.807, 2.05) is 6.92 Å². The van der Waals surface area contributed by atoms with Crippen LogP contribution in [0.15, 0.2) is 45.8 Å². The molecule has 0 N–H and O–H groups in total. The van der Waals surface area contributed by atoms with E-state index < -0.39 is 10.0 Å². The molecular weight excluding hydrogens is 475 g/mol. The van der Waals surface area contributed by atoms with Crippen LogP contribution in [0.1, 0.15) is 28.9 Å². The molecule has 146 valence electrons. The van der Waals surface area contributed by atoms with E-state index in [1.54, 1.807) is 37.4 Å². The number of rotatable bonds is 5. The van der Waals surface area contributed by atoms with Gasteiger partial charge in [0, 0.05) is 41.2 Å². The minimum absolute atomic E-state index is 0.0314. The zero-order valence-corrected chi connectivity index (χ0v) is 19.1. The lowest BCUT2D eigenvalue weighted by Gasteiger charge is -2.26. The molecular formula is C18H19BrCl2N2O3S. The Balaban J connectivity index is 2.40. The summed E-state index contributed by atoms with van der Waals surface area (Å²) in [6.07, 6.45) is 0. The number of benzene rings is 2. The van der Waals surface area contributed by atoms with Gasteiger partial charge < -0.3 is 4.90 Å². The third-order valence-corrected chi connectivity index (χ3v) is 7.62. The van der Waals surface area contributed by atoms with Crippen LogP contribution in [0.25, 0.3) is 0 Å². The highest BCUT2D eigenvalue weighted by Gasteiger charge is 2.25. The molecule has 27 heavy (non-hydrogen) atoms. The molecule has 0 aliphatic heterocycles. The molecule has 0 spiro atoms. The first-order chi connectivity index (χ1) is 12.5. The van der Waals surface area contributed by atoms with Crippen molar-refractivity contribution in [3.05, 3.63) is 62.0 Å². The Bertz CT molecular complexity index is 981. The number of halogens is 3. The maximum absolute atomic E-state index is 12.9. The summed E-state index contributed by atoms with van der Waals surface area (Å²) >= 11 is 15.4. The standard InChI is InChI=1S/C18H19BrCl2N2O3S/c1-11(14-7-6-13(20)10-16(14)21)23(4)18(24)12-5-8-15(19)17(9-12)27(25,26)22(2)3/h5-11H,1-4H3. The van der Waals surface area contributed by atoms with Crippen molar-refractivity contribution >= 4 is 55.1 Å². The second kappa shape index (κ2) is 8.49. The number of hydrogen-bond acceptors (Lipinski definition) is 3. The fraction of sp³-hybridized carbons (Fsp3) is 0.278. The van der Waals surface area contributed by atoms with Gasteiger partial charge in [0.15, 0.2) is 0 Å². The molecule has 2 rings (SSSR count). The molecule has 0 radical (unpaired) electrons. The van der Waals surface area contributed by atoms with E-state index in [0.717, 1.165) is 9.87 Å². The molecule has 0 fully saturated rings. The van der Waals surface area contributed by atoms with Gasteiger partial charge in [-0.1, -0.05) is 29.3 Å². The molecule has 0 aliphatic carbocycles. The molecule has 5 nitrogen and oxygen atoms in total. The zero-order valence-electron chi connectivity index (χ0n) is 15.2. The average molecular weight is 494 g/mol. The fourth-order valence-electron chi connectivity index (χ4n) is 2.46. The zero-order chi connectivity index (χ0) is 20.5. The molecule has 0 saturated carbocycles. The number of carbonyl (C=O) groups excluding carboxylic acids is 1. The summed E-state index contributed by atoms with van der Waals surface area (Å²) in [7, 11) is 0.821. The molecule has 2 aromatic carbocycles. The van der Waals surface area contributed by atoms with Gasteiger partial charge in [-0.15, -0.1) is 0 Å². The van der Waals surface area contributed by atoms with Crippen LogP contribution in [-0.2, 0) is 10.0 Å². The molecule has 1 unspecified atom stereocenters. The topological polar surface area (TPSA) is 57.7 Å². The summed E-state index contributed by atoms with van der Waals surface area (Å²) in [5, 5.41) is 0.970. The molecule has 9 heteroatoms. The van der Waals surface area contributed by atoms with Gasteiger partial charge in [0.05, 0.1) is 10.9 Å². The van der Waals surface area contributed by atoms with Crippen molar-refractivity contribution in [3.8, 4) is 0 Å². The first kappa shape index (κ1) is 22.2. The van der Waals surface area contributed by atoms with Crippen LogP contribution < -0.4 is 0 Å². The van der Waals surface area contributed by atoms with Crippen LogP contribution >= 0.6 is 39.1 Å².